The van der Waals surface area contributed by atoms with Crippen LogP contribution in [0, 0.1) is 6.92 Å². The number of sulfonamides is 1. The molecule has 0 aliphatic heterocycles. The van der Waals surface area contributed by atoms with Gasteiger partial charge >= 0.3 is 0 Å². The number of carbonyl (C=O) groups excluding carboxylic acids is 1. The first-order valence-electron chi connectivity index (χ1n) is 7.61. The molecule has 25 heavy (non-hydrogen) atoms. The Labute approximate surface area is 155 Å². The summed E-state index contributed by atoms with van der Waals surface area (Å²) in [6.45, 7) is 3.13. The van der Waals surface area contributed by atoms with Gasteiger partial charge < -0.3 is 0 Å². The van der Waals surface area contributed by atoms with E-state index in [0.29, 0.717) is 10.2 Å². The van der Waals surface area contributed by atoms with Crippen molar-refractivity contribution in [3.05, 3.63) is 70.7 Å². The average Bonchev–Trinajstić information content (AvgIpc) is 2.56. The molecule has 0 heterocycles. The van der Waals surface area contributed by atoms with E-state index in [-0.39, 0.29) is 4.90 Å². The molecule has 0 N–H and O–H groups in total. The van der Waals surface area contributed by atoms with Crippen molar-refractivity contribution in [1.82, 2.24) is 0 Å². The highest BCUT2D eigenvalue weighted by Gasteiger charge is 2.30. The van der Waals surface area contributed by atoms with Crippen LogP contribution in [0.5, 0.6) is 0 Å². The van der Waals surface area contributed by atoms with Gasteiger partial charge in [-0.25, -0.2) is 12.7 Å². The second-order valence-electron chi connectivity index (χ2n) is 5.75. The fourth-order valence-corrected chi connectivity index (χ4v) is 4.95. The summed E-state index contributed by atoms with van der Waals surface area (Å²) in [5, 5.41) is 1.74. The van der Waals surface area contributed by atoms with Gasteiger partial charge in [-0.05, 0) is 63.5 Å². The maximum absolute atomic E-state index is 13.1. The van der Waals surface area contributed by atoms with E-state index in [4.69, 9.17) is 0 Å². The predicted molar refractivity (Wildman–Crippen MR) is 103 cm³/mol. The molecule has 3 aromatic carbocycles. The summed E-state index contributed by atoms with van der Waals surface area (Å²) >= 11 is 3.36. The van der Waals surface area contributed by atoms with E-state index in [2.05, 4.69) is 15.9 Å². The number of aryl methyl sites for hydroxylation is 1. The van der Waals surface area contributed by atoms with E-state index < -0.39 is 15.9 Å². The summed E-state index contributed by atoms with van der Waals surface area (Å²) < 4.78 is 27.7. The molecular weight excluding hydrogens is 402 g/mol. The molecule has 0 fully saturated rings. The van der Waals surface area contributed by atoms with Gasteiger partial charge in [-0.2, -0.15) is 0 Å². The van der Waals surface area contributed by atoms with Gasteiger partial charge in [-0.15, -0.1) is 0 Å². The first-order valence-corrected chi connectivity index (χ1v) is 9.85. The number of anilines is 1. The smallest absolute Gasteiger partial charge is 0.270 e. The lowest BCUT2D eigenvalue weighted by Gasteiger charge is -2.22. The number of hydrogen-bond acceptors (Lipinski definition) is 3. The Morgan fingerprint density at radius 3 is 2.28 bits per heavy atom. The minimum atomic E-state index is -4.03. The van der Waals surface area contributed by atoms with Crippen LogP contribution < -0.4 is 4.31 Å². The van der Waals surface area contributed by atoms with Crippen molar-refractivity contribution in [3.63, 3.8) is 0 Å². The minimum absolute atomic E-state index is 0.0777. The van der Waals surface area contributed by atoms with Crippen molar-refractivity contribution in [2.75, 3.05) is 4.31 Å². The second-order valence-corrected chi connectivity index (χ2v) is 8.39. The van der Waals surface area contributed by atoms with Gasteiger partial charge in [0.2, 0.25) is 5.91 Å². The molecule has 0 aliphatic rings. The predicted octanol–water partition coefficient (Wildman–Crippen LogP) is 4.65. The second kappa shape index (κ2) is 6.61. The van der Waals surface area contributed by atoms with Crippen LogP contribution in [-0.4, -0.2) is 14.3 Å². The normalized spacial score (nSPS) is 11.5. The van der Waals surface area contributed by atoms with E-state index in [1.54, 1.807) is 30.3 Å². The standard InChI is InChI=1S/C19H16BrNO3S/c1-13-7-10-19(18(20)11-13)21(14(2)22)25(23,24)17-9-8-15-5-3-4-6-16(15)12-17/h3-12H,1-2H3. The summed E-state index contributed by atoms with van der Waals surface area (Å²) in [6.07, 6.45) is 0. The molecule has 0 aliphatic carbocycles. The summed E-state index contributed by atoms with van der Waals surface area (Å²) in [7, 11) is -4.03. The number of rotatable bonds is 3. The molecule has 3 rings (SSSR count). The van der Waals surface area contributed by atoms with Gasteiger partial charge in [0, 0.05) is 11.4 Å². The van der Waals surface area contributed by atoms with Crippen molar-refractivity contribution in [2.24, 2.45) is 0 Å². The lowest BCUT2D eigenvalue weighted by Crippen LogP contribution is -2.35. The first-order chi connectivity index (χ1) is 11.8. The van der Waals surface area contributed by atoms with Crippen LogP contribution in [0.3, 0.4) is 0 Å². The largest absolute Gasteiger partial charge is 0.274 e. The molecule has 0 atom stereocenters. The van der Waals surface area contributed by atoms with Gasteiger partial charge in [0.15, 0.2) is 0 Å². The van der Waals surface area contributed by atoms with Crippen molar-refractivity contribution in [1.29, 1.82) is 0 Å². The molecule has 3 aromatic rings. The summed E-state index contributed by atoms with van der Waals surface area (Å²) in [5.74, 6) is -0.572. The molecule has 0 saturated heterocycles. The van der Waals surface area contributed by atoms with Crippen LogP contribution in [-0.2, 0) is 14.8 Å². The molecule has 1 amide bonds. The Morgan fingerprint density at radius 1 is 0.960 bits per heavy atom. The molecule has 0 radical (unpaired) electrons. The fraction of sp³-hybridized carbons (Fsp3) is 0.105. The van der Waals surface area contributed by atoms with Crippen LogP contribution in [0.1, 0.15) is 12.5 Å². The number of amides is 1. The van der Waals surface area contributed by atoms with Gasteiger partial charge in [0.1, 0.15) is 0 Å². The fourth-order valence-electron chi connectivity index (χ4n) is 2.68. The zero-order valence-corrected chi connectivity index (χ0v) is 16.1. The van der Waals surface area contributed by atoms with Crippen molar-refractivity contribution < 1.29 is 13.2 Å². The summed E-state index contributed by atoms with van der Waals surface area (Å²) in [4.78, 5) is 12.3. The highest BCUT2D eigenvalue weighted by molar-refractivity contribution is 9.10. The maximum atomic E-state index is 13.1. The quantitative estimate of drug-likeness (QED) is 0.622. The maximum Gasteiger partial charge on any atom is 0.270 e. The number of benzene rings is 3. The third-order valence-corrected chi connectivity index (χ3v) is 6.29. The molecule has 0 saturated carbocycles. The average molecular weight is 418 g/mol. The highest BCUT2D eigenvalue weighted by atomic mass is 79.9. The number of carbonyl (C=O) groups is 1. The van der Waals surface area contributed by atoms with Crippen LogP contribution in [0.2, 0.25) is 0 Å². The number of hydrogen-bond donors (Lipinski definition) is 0. The van der Waals surface area contributed by atoms with Gasteiger partial charge in [0.05, 0.1) is 10.6 Å². The van der Waals surface area contributed by atoms with Gasteiger partial charge in [-0.1, -0.05) is 36.4 Å². The highest BCUT2D eigenvalue weighted by Crippen LogP contribution is 2.32. The van der Waals surface area contributed by atoms with Crippen molar-refractivity contribution >= 4 is 48.3 Å². The molecule has 0 spiro atoms. The molecule has 0 unspecified atom stereocenters. The number of halogens is 1. The van der Waals surface area contributed by atoms with Gasteiger partial charge in [0.25, 0.3) is 10.0 Å². The van der Waals surface area contributed by atoms with E-state index in [9.17, 15) is 13.2 Å². The molecule has 128 valence electrons. The zero-order valence-electron chi connectivity index (χ0n) is 13.7. The third kappa shape index (κ3) is 3.32. The molecule has 6 heteroatoms. The first kappa shape index (κ1) is 17.6. The number of fused-ring (bicyclic) bond motifs is 1. The van der Waals surface area contributed by atoms with E-state index in [1.807, 2.05) is 31.2 Å². The minimum Gasteiger partial charge on any atom is -0.274 e. The zero-order chi connectivity index (χ0) is 18.2. The monoisotopic (exact) mass is 417 g/mol. The molecular formula is C19H16BrNO3S. The Balaban J connectivity index is 2.18. The Kier molecular flexibility index (Phi) is 4.67. The lowest BCUT2D eigenvalue weighted by molar-refractivity contribution is -0.115. The third-order valence-electron chi connectivity index (χ3n) is 3.87. The molecule has 4 nitrogen and oxygen atoms in total. The van der Waals surface area contributed by atoms with E-state index in [0.717, 1.165) is 20.6 Å². The number of nitrogens with zero attached hydrogens (tertiary/aromatic N) is 1. The van der Waals surface area contributed by atoms with Crippen LogP contribution in [0.4, 0.5) is 5.69 Å². The lowest BCUT2D eigenvalue weighted by atomic mass is 10.1. The van der Waals surface area contributed by atoms with Crippen molar-refractivity contribution in [3.8, 4) is 0 Å². The summed E-state index contributed by atoms with van der Waals surface area (Å²) in [5.41, 5.74) is 1.26. The summed E-state index contributed by atoms with van der Waals surface area (Å²) in [6, 6.07) is 17.5. The van der Waals surface area contributed by atoms with E-state index in [1.165, 1.54) is 13.0 Å². The van der Waals surface area contributed by atoms with Crippen LogP contribution >= 0.6 is 15.9 Å². The van der Waals surface area contributed by atoms with Crippen molar-refractivity contribution in [2.45, 2.75) is 18.7 Å². The Bertz CT molecular complexity index is 1080. The van der Waals surface area contributed by atoms with E-state index >= 15 is 0 Å². The van der Waals surface area contributed by atoms with Crippen LogP contribution in [0.25, 0.3) is 10.8 Å². The Morgan fingerprint density at radius 2 is 1.64 bits per heavy atom. The SMILES string of the molecule is CC(=O)N(c1ccc(C)cc1Br)S(=O)(=O)c1ccc2ccccc2c1. The molecule has 0 bridgehead atoms. The molecule has 0 aromatic heterocycles. The van der Waals surface area contributed by atoms with Gasteiger partial charge in [-0.3, -0.25) is 4.79 Å². The van der Waals surface area contributed by atoms with Crippen LogP contribution in [0.15, 0.2) is 70.0 Å². The Hall–Kier alpha value is -2.18. The topological polar surface area (TPSA) is 54.5 Å².